The zero-order valence-electron chi connectivity index (χ0n) is 15.8. The van der Waals surface area contributed by atoms with E-state index in [1.54, 1.807) is 13.4 Å². The molecule has 25 heavy (non-hydrogen) atoms. The molecule has 1 heterocycles. The number of methoxy groups -OCH3 is 1. The van der Waals surface area contributed by atoms with Crippen molar-refractivity contribution in [2.45, 2.75) is 58.4 Å². The van der Waals surface area contributed by atoms with E-state index in [-0.39, 0.29) is 29.4 Å². The van der Waals surface area contributed by atoms with Crippen LogP contribution in [0.4, 0.5) is 0 Å². The summed E-state index contributed by atoms with van der Waals surface area (Å²) in [6, 6.07) is 4.50. The van der Waals surface area contributed by atoms with Gasteiger partial charge in [0, 0.05) is 39.3 Å². The number of rotatable bonds is 9. The molecule has 2 rings (SSSR count). The highest BCUT2D eigenvalue weighted by Crippen LogP contribution is 2.21. The highest BCUT2D eigenvalue weighted by atomic mass is 127. The SMILES string of the molecule is COCCC(C)(C)CN=C(NCCc1ccco1)NC1CCCC1.I. The minimum Gasteiger partial charge on any atom is -0.469 e. The summed E-state index contributed by atoms with van der Waals surface area (Å²) in [6.45, 7) is 6.88. The maximum atomic E-state index is 5.39. The Morgan fingerprint density at radius 2 is 2.12 bits per heavy atom. The first kappa shape index (κ1) is 22.3. The Kier molecular flexibility index (Phi) is 10.5. The summed E-state index contributed by atoms with van der Waals surface area (Å²) in [5, 5.41) is 7.06. The molecule has 0 atom stereocenters. The van der Waals surface area contributed by atoms with Crippen molar-refractivity contribution in [1.29, 1.82) is 0 Å². The molecular weight excluding hydrogens is 429 g/mol. The van der Waals surface area contributed by atoms with E-state index in [9.17, 15) is 0 Å². The third-order valence-electron chi connectivity index (χ3n) is 4.59. The molecule has 0 saturated heterocycles. The number of ether oxygens (including phenoxy) is 1. The van der Waals surface area contributed by atoms with Gasteiger partial charge in [-0.25, -0.2) is 0 Å². The second kappa shape index (κ2) is 11.8. The van der Waals surface area contributed by atoms with Crippen molar-refractivity contribution in [3.8, 4) is 0 Å². The lowest BCUT2D eigenvalue weighted by molar-refractivity contribution is 0.155. The van der Waals surface area contributed by atoms with Crippen LogP contribution in [0.1, 0.15) is 51.7 Å². The minimum absolute atomic E-state index is 0. The van der Waals surface area contributed by atoms with Crippen molar-refractivity contribution in [2.75, 3.05) is 26.8 Å². The Labute approximate surface area is 169 Å². The van der Waals surface area contributed by atoms with Gasteiger partial charge in [-0.2, -0.15) is 0 Å². The summed E-state index contributed by atoms with van der Waals surface area (Å²) in [5.41, 5.74) is 0.140. The molecule has 0 radical (unpaired) electrons. The first-order valence-corrected chi connectivity index (χ1v) is 9.15. The normalized spacial score (nSPS) is 15.9. The van der Waals surface area contributed by atoms with E-state index in [1.807, 2.05) is 12.1 Å². The van der Waals surface area contributed by atoms with Crippen LogP contribution in [0.3, 0.4) is 0 Å². The van der Waals surface area contributed by atoms with E-state index >= 15 is 0 Å². The lowest BCUT2D eigenvalue weighted by atomic mass is 9.90. The third-order valence-corrected chi connectivity index (χ3v) is 4.59. The molecule has 144 valence electrons. The molecule has 2 N–H and O–H groups in total. The van der Waals surface area contributed by atoms with Crippen LogP contribution in [0.15, 0.2) is 27.8 Å². The fourth-order valence-corrected chi connectivity index (χ4v) is 2.93. The zero-order valence-corrected chi connectivity index (χ0v) is 18.2. The molecular formula is C19H34IN3O2. The van der Waals surface area contributed by atoms with E-state index < -0.39 is 0 Å². The van der Waals surface area contributed by atoms with Gasteiger partial charge in [-0.1, -0.05) is 26.7 Å². The van der Waals surface area contributed by atoms with Crippen molar-refractivity contribution in [3.63, 3.8) is 0 Å². The summed E-state index contributed by atoms with van der Waals surface area (Å²) in [6.07, 6.45) is 8.71. The number of nitrogens with zero attached hydrogens (tertiary/aromatic N) is 1. The zero-order chi connectivity index (χ0) is 17.3. The van der Waals surface area contributed by atoms with Gasteiger partial charge in [-0.3, -0.25) is 4.99 Å². The molecule has 5 nitrogen and oxygen atoms in total. The summed E-state index contributed by atoms with van der Waals surface area (Å²) < 4.78 is 10.6. The molecule has 0 bridgehead atoms. The Balaban J connectivity index is 0.00000312. The average Bonchev–Trinajstić information content (AvgIpc) is 3.24. The topological polar surface area (TPSA) is 58.8 Å². The van der Waals surface area contributed by atoms with Crippen LogP contribution < -0.4 is 10.6 Å². The smallest absolute Gasteiger partial charge is 0.191 e. The molecule has 0 amide bonds. The van der Waals surface area contributed by atoms with Gasteiger partial charge >= 0.3 is 0 Å². The quantitative estimate of drug-likeness (QED) is 0.331. The van der Waals surface area contributed by atoms with Gasteiger partial charge in [-0.15, -0.1) is 24.0 Å². The summed E-state index contributed by atoms with van der Waals surface area (Å²) in [4.78, 5) is 4.84. The van der Waals surface area contributed by atoms with Crippen molar-refractivity contribution in [3.05, 3.63) is 24.2 Å². The fourth-order valence-electron chi connectivity index (χ4n) is 2.93. The number of hydrogen-bond donors (Lipinski definition) is 2. The standard InChI is InChI=1S/C19H33N3O2.HI/c1-19(2,11-14-23-3)15-21-18(22-16-7-4-5-8-16)20-12-10-17-9-6-13-24-17;/h6,9,13,16H,4-5,7-8,10-12,14-15H2,1-3H3,(H2,20,21,22);1H. The molecule has 0 aliphatic heterocycles. The third kappa shape index (κ3) is 8.94. The molecule has 0 aromatic carbocycles. The number of nitrogens with one attached hydrogen (secondary N) is 2. The lowest BCUT2D eigenvalue weighted by Gasteiger charge is -2.23. The first-order valence-electron chi connectivity index (χ1n) is 9.15. The van der Waals surface area contributed by atoms with Crippen molar-refractivity contribution < 1.29 is 9.15 Å². The second-order valence-electron chi connectivity index (χ2n) is 7.45. The number of halogens is 1. The largest absolute Gasteiger partial charge is 0.469 e. The number of furan rings is 1. The maximum absolute atomic E-state index is 5.39. The van der Waals surface area contributed by atoms with Crippen molar-refractivity contribution in [1.82, 2.24) is 10.6 Å². The van der Waals surface area contributed by atoms with Crippen LogP contribution in [-0.4, -0.2) is 38.8 Å². The predicted molar refractivity (Wildman–Crippen MR) is 114 cm³/mol. The molecule has 1 aromatic rings. The van der Waals surface area contributed by atoms with Gasteiger partial charge in [0.05, 0.1) is 6.26 Å². The molecule has 1 fully saturated rings. The van der Waals surface area contributed by atoms with Gasteiger partial charge in [-0.05, 0) is 36.8 Å². The molecule has 6 heteroatoms. The highest BCUT2D eigenvalue weighted by Gasteiger charge is 2.19. The van der Waals surface area contributed by atoms with E-state index in [1.165, 1.54) is 25.7 Å². The van der Waals surface area contributed by atoms with Crippen LogP contribution in [0, 0.1) is 5.41 Å². The van der Waals surface area contributed by atoms with Crippen LogP contribution >= 0.6 is 24.0 Å². The van der Waals surface area contributed by atoms with Crippen molar-refractivity contribution in [2.24, 2.45) is 10.4 Å². The van der Waals surface area contributed by atoms with E-state index in [4.69, 9.17) is 14.1 Å². The highest BCUT2D eigenvalue weighted by molar-refractivity contribution is 14.0. The Morgan fingerprint density at radius 3 is 2.76 bits per heavy atom. The first-order chi connectivity index (χ1) is 11.6. The van der Waals surface area contributed by atoms with Gasteiger partial charge in [0.25, 0.3) is 0 Å². The number of aliphatic imine (C=N–C) groups is 1. The molecule has 1 aliphatic rings. The number of guanidine groups is 1. The molecule has 1 aliphatic carbocycles. The fraction of sp³-hybridized carbons (Fsp3) is 0.737. The minimum atomic E-state index is 0. The maximum Gasteiger partial charge on any atom is 0.191 e. The van der Waals surface area contributed by atoms with Crippen LogP contribution in [-0.2, 0) is 11.2 Å². The van der Waals surface area contributed by atoms with Crippen LogP contribution in [0.2, 0.25) is 0 Å². The predicted octanol–water partition coefficient (Wildman–Crippen LogP) is 3.98. The van der Waals surface area contributed by atoms with Gasteiger partial charge < -0.3 is 19.8 Å². The monoisotopic (exact) mass is 463 g/mol. The second-order valence-corrected chi connectivity index (χ2v) is 7.45. The van der Waals surface area contributed by atoms with E-state index in [0.29, 0.717) is 6.04 Å². The van der Waals surface area contributed by atoms with E-state index in [2.05, 4.69) is 24.5 Å². The number of hydrogen-bond acceptors (Lipinski definition) is 3. The molecule has 0 unspecified atom stereocenters. The van der Waals surface area contributed by atoms with Crippen LogP contribution in [0.5, 0.6) is 0 Å². The Hall–Kier alpha value is -0.760. The molecule has 0 spiro atoms. The van der Waals surface area contributed by atoms with Gasteiger partial charge in [0.1, 0.15) is 5.76 Å². The van der Waals surface area contributed by atoms with E-state index in [0.717, 1.165) is 44.3 Å². The van der Waals surface area contributed by atoms with Gasteiger partial charge in [0.15, 0.2) is 5.96 Å². The van der Waals surface area contributed by atoms with Crippen LogP contribution in [0.25, 0.3) is 0 Å². The Bertz CT molecular complexity index is 483. The molecule has 1 saturated carbocycles. The summed E-state index contributed by atoms with van der Waals surface area (Å²) in [7, 11) is 1.75. The van der Waals surface area contributed by atoms with Crippen molar-refractivity contribution >= 4 is 29.9 Å². The average molecular weight is 463 g/mol. The molecule has 1 aromatic heterocycles. The lowest BCUT2D eigenvalue weighted by Crippen LogP contribution is -2.43. The summed E-state index contributed by atoms with van der Waals surface area (Å²) >= 11 is 0. The Morgan fingerprint density at radius 1 is 1.36 bits per heavy atom. The summed E-state index contributed by atoms with van der Waals surface area (Å²) in [5.74, 6) is 1.93. The van der Waals surface area contributed by atoms with Gasteiger partial charge in [0.2, 0.25) is 0 Å².